The van der Waals surface area contributed by atoms with Gasteiger partial charge in [-0.25, -0.2) is 9.18 Å². The molecule has 9 heteroatoms. The predicted molar refractivity (Wildman–Crippen MR) is 108 cm³/mol. The molecule has 0 saturated heterocycles. The lowest BCUT2D eigenvalue weighted by atomic mass is 10.0. The van der Waals surface area contributed by atoms with Gasteiger partial charge in [0.2, 0.25) is 11.8 Å². The summed E-state index contributed by atoms with van der Waals surface area (Å²) in [5, 5.41) is 14.0. The zero-order chi connectivity index (χ0) is 22.8. The van der Waals surface area contributed by atoms with E-state index in [1.165, 1.54) is 25.1 Å². The summed E-state index contributed by atoms with van der Waals surface area (Å²) in [6, 6.07) is 11.7. The van der Waals surface area contributed by atoms with Gasteiger partial charge in [0.05, 0.1) is 6.42 Å². The number of carbonyl (C=O) groups excluding carboxylic acids is 3. The van der Waals surface area contributed by atoms with Crippen molar-refractivity contribution in [2.75, 3.05) is 0 Å². The smallest absolute Gasteiger partial charge is 0.326 e. The molecule has 2 aromatic carbocycles. The molecule has 2 amide bonds. The molecule has 31 heavy (non-hydrogen) atoms. The first-order valence-electron chi connectivity index (χ1n) is 9.49. The summed E-state index contributed by atoms with van der Waals surface area (Å²) in [5.41, 5.74) is 0.896. The van der Waals surface area contributed by atoms with Crippen molar-refractivity contribution in [3.8, 4) is 0 Å². The number of amides is 2. The second kappa shape index (κ2) is 11.4. The van der Waals surface area contributed by atoms with E-state index in [4.69, 9.17) is 4.74 Å². The number of ether oxygens (including phenoxy) is 1. The average Bonchev–Trinajstić information content (AvgIpc) is 2.73. The zero-order valence-corrected chi connectivity index (χ0v) is 16.8. The summed E-state index contributed by atoms with van der Waals surface area (Å²) in [4.78, 5) is 47.7. The van der Waals surface area contributed by atoms with Gasteiger partial charge in [-0.3, -0.25) is 14.4 Å². The van der Waals surface area contributed by atoms with Crippen LogP contribution in [0.25, 0.3) is 0 Å². The van der Waals surface area contributed by atoms with E-state index in [1.54, 1.807) is 36.4 Å². The first-order valence-corrected chi connectivity index (χ1v) is 9.49. The molecule has 0 spiro atoms. The van der Waals surface area contributed by atoms with Crippen LogP contribution in [0.1, 0.15) is 24.5 Å². The minimum absolute atomic E-state index is 0.0399. The quantitative estimate of drug-likeness (QED) is 0.492. The number of esters is 1. The van der Waals surface area contributed by atoms with Gasteiger partial charge in [-0.2, -0.15) is 0 Å². The molecule has 0 aliphatic carbocycles. The average molecular weight is 430 g/mol. The Morgan fingerprint density at radius 3 is 2.23 bits per heavy atom. The van der Waals surface area contributed by atoms with Crippen LogP contribution in [0.2, 0.25) is 0 Å². The molecule has 0 heterocycles. The van der Waals surface area contributed by atoms with Gasteiger partial charge >= 0.3 is 11.9 Å². The van der Waals surface area contributed by atoms with Crippen LogP contribution in [0.4, 0.5) is 4.39 Å². The molecule has 2 rings (SSSR count). The van der Waals surface area contributed by atoms with E-state index in [1.807, 2.05) is 0 Å². The fourth-order valence-corrected chi connectivity index (χ4v) is 2.77. The van der Waals surface area contributed by atoms with Crippen molar-refractivity contribution < 1.29 is 33.4 Å². The van der Waals surface area contributed by atoms with Crippen LogP contribution in [0, 0.1) is 5.82 Å². The first-order chi connectivity index (χ1) is 14.8. The summed E-state index contributed by atoms with van der Waals surface area (Å²) in [7, 11) is 0. The van der Waals surface area contributed by atoms with Gasteiger partial charge in [-0.05, 0) is 17.2 Å². The lowest BCUT2D eigenvalue weighted by Gasteiger charge is -2.21. The van der Waals surface area contributed by atoms with Crippen LogP contribution < -0.4 is 10.6 Å². The number of halogens is 1. The Hall–Kier alpha value is -3.75. The van der Waals surface area contributed by atoms with Gasteiger partial charge in [-0.1, -0.05) is 48.5 Å². The lowest BCUT2D eigenvalue weighted by Crippen LogP contribution is -2.52. The predicted octanol–water partition coefficient (Wildman–Crippen LogP) is 1.58. The van der Waals surface area contributed by atoms with Crippen molar-refractivity contribution >= 4 is 23.8 Å². The normalized spacial score (nSPS) is 12.3. The Labute approximate surface area is 178 Å². The van der Waals surface area contributed by atoms with Crippen molar-refractivity contribution in [1.82, 2.24) is 10.6 Å². The Morgan fingerprint density at radius 2 is 1.61 bits per heavy atom. The summed E-state index contributed by atoms with van der Waals surface area (Å²) >= 11 is 0. The minimum atomic E-state index is -1.58. The van der Waals surface area contributed by atoms with Gasteiger partial charge in [0, 0.05) is 13.3 Å². The molecule has 0 aliphatic heterocycles. The van der Waals surface area contributed by atoms with Crippen molar-refractivity contribution in [2.24, 2.45) is 0 Å². The highest BCUT2D eigenvalue weighted by Gasteiger charge is 2.29. The molecule has 0 radical (unpaired) electrons. The second-order valence-electron chi connectivity index (χ2n) is 6.80. The summed E-state index contributed by atoms with van der Waals surface area (Å²) < 4.78 is 19.0. The largest absolute Gasteiger partial charge is 0.480 e. The maximum Gasteiger partial charge on any atom is 0.326 e. The molecule has 0 unspecified atom stereocenters. The van der Waals surface area contributed by atoms with Crippen LogP contribution in [-0.2, 0) is 36.9 Å². The van der Waals surface area contributed by atoms with Crippen LogP contribution in [-0.4, -0.2) is 40.9 Å². The highest BCUT2D eigenvalue weighted by molar-refractivity contribution is 5.91. The van der Waals surface area contributed by atoms with E-state index in [0.717, 1.165) is 5.56 Å². The monoisotopic (exact) mass is 430 g/mol. The van der Waals surface area contributed by atoms with Gasteiger partial charge in [-0.15, -0.1) is 0 Å². The Morgan fingerprint density at radius 1 is 0.968 bits per heavy atom. The first kappa shape index (κ1) is 23.5. The molecular formula is C22H23FN2O6. The van der Waals surface area contributed by atoms with Crippen molar-refractivity contribution in [3.05, 3.63) is 71.5 Å². The Kier molecular flexibility index (Phi) is 8.68. The van der Waals surface area contributed by atoms with E-state index in [0.29, 0.717) is 0 Å². The SMILES string of the molecule is CC(=O)N[C@@H](Cc1ccccc1F)C(=O)N[C@@H](CC(=O)OCc1ccccc1)C(=O)O. The fourth-order valence-electron chi connectivity index (χ4n) is 2.77. The molecule has 0 aromatic heterocycles. The topological polar surface area (TPSA) is 122 Å². The molecule has 8 nitrogen and oxygen atoms in total. The fraction of sp³-hybridized carbons (Fsp3) is 0.273. The maximum atomic E-state index is 13.9. The Bertz CT molecular complexity index is 935. The molecule has 2 aromatic rings. The summed E-state index contributed by atoms with van der Waals surface area (Å²) in [5.74, 6) is -4.24. The number of carboxylic acids is 1. The standard InChI is InChI=1S/C22H23FN2O6/c1-14(26)24-18(11-16-9-5-6-10-17(16)23)21(28)25-19(22(29)30)12-20(27)31-13-15-7-3-2-4-8-15/h2-10,18-19H,11-13H2,1H3,(H,24,26)(H,25,28)(H,29,30)/t18-,19-/m0/s1. The lowest BCUT2D eigenvalue weighted by molar-refractivity contribution is -0.151. The van der Waals surface area contributed by atoms with E-state index < -0.39 is 48.1 Å². The number of rotatable bonds is 10. The number of nitrogens with one attached hydrogen (secondary N) is 2. The molecule has 0 saturated carbocycles. The van der Waals surface area contributed by atoms with Crippen molar-refractivity contribution in [2.45, 2.75) is 38.5 Å². The van der Waals surface area contributed by atoms with E-state index in [9.17, 15) is 28.7 Å². The molecule has 2 atom stereocenters. The third kappa shape index (κ3) is 7.88. The number of hydrogen-bond donors (Lipinski definition) is 3. The molecule has 3 N–H and O–H groups in total. The third-order valence-corrected chi connectivity index (χ3v) is 4.30. The highest BCUT2D eigenvalue weighted by atomic mass is 19.1. The highest BCUT2D eigenvalue weighted by Crippen LogP contribution is 2.10. The van der Waals surface area contributed by atoms with Crippen LogP contribution in [0.3, 0.4) is 0 Å². The second-order valence-corrected chi connectivity index (χ2v) is 6.80. The summed E-state index contributed by atoms with van der Waals surface area (Å²) in [6.45, 7) is 1.14. The van der Waals surface area contributed by atoms with Crippen LogP contribution in [0.5, 0.6) is 0 Å². The zero-order valence-electron chi connectivity index (χ0n) is 16.8. The molecule has 0 bridgehead atoms. The van der Waals surface area contributed by atoms with Gasteiger partial charge in [0.1, 0.15) is 24.5 Å². The molecular weight excluding hydrogens is 407 g/mol. The van der Waals surface area contributed by atoms with Gasteiger partial charge in [0.15, 0.2) is 0 Å². The maximum absolute atomic E-state index is 13.9. The Balaban J connectivity index is 2.01. The van der Waals surface area contributed by atoms with Crippen molar-refractivity contribution in [1.29, 1.82) is 0 Å². The third-order valence-electron chi connectivity index (χ3n) is 4.30. The van der Waals surface area contributed by atoms with Crippen LogP contribution in [0.15, 0.2) is 54.6 Å². The molecule has 0 aliphatic rings. The van der Waals surface area contributed by atoms with E-state index >= 15 is 0 Å². The van der Waals surface area contributed by atoms with E-state index in [-0.39, 0.29) is 18.6 Å². The summed E-state index contributed by atoms with van der Waals surface area (Å²) in [6.07, 6.45) is -0.802. The van der Waals surface area contributed by atoms with E-state index in [2.05, 4.69) is 10.6 Å². The number of carbonyl (C=O) groups is 4. The van der Waals surface area contributed by atoms with Crippen molar-refractivity contribution in [3.63, 3.8) is 0 Å². The number of hydrogen-bond acceptors (Lipinski definition) is 5. The number of carboxylic acid groups (broad SMARTS) is 1. The minimum Gasteiger partial charge on any atom is -0.480 e. The molecule has 0 fully saturated rings. The number of aliphatic carboxylic acids is 1. The molecule has 164 valence electrons. The number of benzene rings is 2. The van der Waals surface area contributed by atoms with Gasteiger partial charge in [0.25, 0.3) is 0 Å². The van der Waals surface area contributed by atoms with Crippen LogP contribution >= 0.6 is 0 Å². The van der Waals surface area contributed by atoms with Gasteiger partial charge < -0.3 is 20.5 Å².